The number of rotatable bonds is 10. The summed E-state index contributed by atoms with van der Waals surface area (Å²) in [4.78, 5) is 28.7. The number of amides is 2. The predicted octanol–water partition coefficient (Wildman–Crippen LogP) is 4.91. The van der Waals surface area contributed by atoms with E-state index in [1.807, 2.05) is 6.92 Å². The lowest BCUT2D eigenvalue weighted by Crippen LogP contribution is -2.58. The third-order valence-corrected chi connectivity index (χ3v) is 9.03. The van der Waals surface area contributed by atoms with Gasteiger partial charge in [0.25, 0.3) is 0 Å². The summed E-state index contributed by atoms with van der Waals surface area (Å²) in [7, 11) is 0. The molecule has 206 valence electrons. The Bertz CT molecular complexity index is 732. The first kappa shape index (κ1) is 29.2. The molecule has 36 heavy (non-hydrogen) atoms. The van der Waals surface area contributed by atoms with Crippen LogP contribution in [0.25, 0.3) is 0 Å². The number of hydrogen-bond acceptors (Lipinski definition) is 5. The SMILES string of the molecule is CCCOC(=O)N[C@H](C(=S)N1CCC[C@H]1C(=O)NCC1CCC(N)CC1)C(C)(C)CC1CCCCC1. The van der Waals surface area contributed by atoms with Crippen molar-refractivity contribution in [3.05, 3.63) is 0 Å². The molecule has 2 aliphatic carbocycles. The molecule has 3 aliphatic rings. The molecule has 0 spiro atoms. The van der Waals surface area contributed by atoms with Crippen LogP contribution in [0, 0.1) is 17.3 Å². The molecular formula is C28H50N4O3S. The van der Waals surface area contributed by atoms with E-state index in [4.69, 9.17) is 22.7 Å². The number of nitrogens with two attached hydrogens (primary N) is 1. The highest BCUT2D eigenvalue weighted by Gasteiger charge is 2.42. The summed E-state index contributed by atoms with van der Waals surface area (Å²) >= 11 is 6.06. The van der Waals surface area contributed by atoms with E-state index in [2.05, 4.69) is 29.4 Å². The number of carbonyl (C=O) groups is 2. The van der Waals surface area contributed by atoms with Crippen LogP contribution >= 0.6 is 12.2 Å². The maximum absolute atomic E-state index is 13.3. The third kappa shape index (κ3) is 8.30. The van der Waals surface area contributed by atoms with E-state index in [0.717, 1.165) is 57.9 Å². The summed E-state index contributed by atoms with van der Waals surface area (Å²) in [6, 6.07) is -0.318. The highest BCUT2D eigenvalue weighted by atomic mass is 32.1. The number of nitrogens with one attached hydrogen (secondary N) is 2. The summed E-state index contributed by atoms with van der Waals surface area (Å²) in [5, 5.41) is 6.33. The molecule has 2 saturated carbocycles. The van der Waals surface area contributed by atoms with Gasteiger partial charge in [-0.2, -0.15) is 0 Å². The van der Waals surface area contributed by atoms with Crippen molar-refractivity contribution in [1.29, 1.82) is 0 Å². The Balaban J connectivity index is 1.67. The second-order valence-corrected chi connectivity index (χ2v) is 12.5. The second kappa shape index (κ2) is 13.9. The molecule has 1 aliphatic heterocycles. The minimum Gasteiger partial charge on any atom is -0.450 e. The van der Waals surface area contributed by atoms with Crippen molar-refractivity contribution < 1.29 is 14.3 Å². The Kier molecular flexibility index (Phi) is 11.3. The van der Waals surface area contributed by atoms with Gasteiger partial charge in [-0.25, -0.2) is 4.79 Å². The van der Waals surface area contributed by atoms with E-state index >= 15 is 0 Å². The summed E-state index contributed by atoms with van der Waals surface area (Å²) in [5.41, 5.74) is 5.80. The minimum absolute atomic E-state index is 0.0575. The molecule has 0 aromatic carbocycles. The smallest absolute Gasteiger partial charge is 0.407 e. The van der Waals surface area contributed by atoms with Crippen LogP contribution in [-0.4, -0.2) is 59.7 Å². The average Bonchev–Trinajstić information content (AvgIpc) is 3.35. The van der Waals surface area contributed by atoms with Crippen molar-refractivity contribution in [3.8, 4) is 0 Å². The Morgan fingerprint density at radius 3 is 2.39 bits per heavy atom. The van der Waals surface area contributed by atoms with Crippen LogP contribution in [0.4, 0.5) is 4.79 Å². The lowest BCUT2D eigenvalue weighted by Gasteiger charge is -2.41. The van der Waals surface area contributed by atoms with Gasteiger partial charge in [0.2, 0.25) is 5.91 Å². The fourth-order valence-corrected chi connectivity index (χ4v) is 7.02. The summed E-state index contributed by atoms with van der Waals surface area (Å²) in [6.07, 6.45) is 13.7. The zero-order chi connectivity index (χ0) is 26.1. The Morgan fingerprint density at radius 2 is 1.72 bits per heavy atom. The van der Waals surface area contributed by atoms with Crippen molar-refractivity contribution in [2.45, 2.75) is 122 Å². The average molecular weight is 523 g/mol. The van der Waals surface area contributed by atoms with E-state index in [0.29, 0.717) is 36.0 Å². The molecule has 2 amide bonds. The molecule has 0 unspecified atom stereocenters. The van der Waals surface area contributed by atoms with Crippen LogP contribution in [0.5, 0.6) is 0 Å². The third-order valence-electron chi connectivity index (χ3n) is 8.56. The van der Waals surface area contributed by atoms with Gasteiger partial charge in [-0.05, 0) is 68.6 Å². The second-order valence-electron chi connectivity index (χ2n) is 12.1. The van der Waals surface area contributed by atoms with E-state index in [1.54, 1.807) is 0 Å². The Morgan fingerprint density at radius 1 is 1.03 bits per heavy atom. The van der Waals surface area contributed by atoms with E-state index < -0.39 is 6.09 Å². The van der Waals surface area contributed by atoms with Gasteiger partial charge in [0, 0.05) is 19.1 Å². The lowest BCUT2D eigenvalue weighted by molar-refractivity contribution is -0.124. The quantitative estimate of drug-likeness (QED) is 0.353. The van der Waals surface area contributed by atoms with Crippen molar-refractivity contribution >= 4 is 29.2 Å². The van der Waals surface area contributed by atoms with Crippen LogP contribution in [0.2, 0.25) is 0 Å². The zero-order valence-corrected chi connectivity index (χ0v) is 23.7. The van der Waals surface area contributed by atoms with Crippen molar-refractivity contribution in [2.24, 2.45) is 23.0 Å². The van der Waals surface area contributed by atoms with E-state index in [-0.39, 0.29) is 23.4 Å². The zero-order valence-electron chi connectivity index (χ0n) is 22.9. The first-order valence-electron chi connectivity index (χ1n) is 14.5. The van der Waals surface area contributed by atoms with Crippen molar-refractivity contribution in [3.63, 3.8) is 0 Å². The van der Waals surface area contributed by atoms with Crippen molar-refractivity contribution in [2.75, 3.05) is 19.7 Å². The topological polar surface area (TPSA) is 96.7 Å². The lowest BCUT2D eigenvalue weighted by atomic mass is 9.72. The molecule has 0 aromatic rings. The minimum atomic E-state index is -0.420. The van der Waals surface area contributed by atoms with Crippen molar-refractivity contribution in [1.82, 2.24) is 15.5 Å². The normalized spacial score (nSPS) is 26.3. The molecule has 1 saturated heterocycles. The van der Waals surface area contributed by atoms with Gasteiger partial charge < -0.3 is 26.0 Å². The van der Waals surface area contributed by atoms with Gasteiger partial charge in [0.15, 0.2) is 0 Å². The molecular weight excluding hydrogens is 472 g/mol. The largest absolute Gasteiger partial charge is 0.450 e. The Labute approximate surface area is 224 Å². The first-order valence-corrected chi connectivity index (χ1v) is 14.9. The Hall–Kier alpha value is -1.41. The molecule has 7 nitrogen and oxygen atoms in total. The molecule has 4 N–H and O–H groups in total. The van der Waals surface area contributed by atoms with Crippen LogP contribution in [0.1, 0.15) is 104 Å². The standard InChI is InChI=1S/C28H50N4O3S/c1-4-17-35-27(34)31-24(28(2,3)18-20-9-6-5-7-10-20)26(36)32-16-8-11-23(32)25(33)30-19-21-12-14-22(29)15-13-21/h20-24H,4-19,29H2,1-3H3,(H,30,33)(H,31,34)/t21?,22?,23-,24+/m0/s1. The summed E-state index contributed by atoms with van der Waals surface area (Å²) in [5.74, 6) is 1.21. The van der Waals surface area contributed by atoms with Gasteiger partial charge in [0.1, 0.15) is 11.0 Å². The number of alkyl carbamates (subject to hydrolysis) is 1. The number of likely N-dealkylation sites (tertiary alicyclic amines) is 1. The highest BCUT2D eigenvalue weighted by Crippen LogP contribution is 2.38. The number of thiocarbonyl (C=S) groups is 1. The highest BCUT2D eigenvalue weighted by molar-refractivity contribution is 7.80. The monoisotopic (exact) mass is 522 g/mol. The maximum Gasteiger partial charge on any atom is 0.407 e. The molecule has 0 radical (unpaired) electrons. The predicted molar refractivity (Wildman–Crippen MR) is 149 cm³/mol. The van der Waals surface area contributed by atoms with E-state index in [1.165, 1.54) is 32.1 Å². The van der Waals surface area contributed by atoms with Gasteiger partial charge in [-0.15, -0.1) is 0 Å². The van der Waals surface area contributed by atoms with E-state index in [9.17, 15) is 9.59 Å². The van der Waals surface area contributed by atoms with Crippen LogP contribution in [0.15, 0.2) is 0 Å². The first-order chi connectivity index (χ1) is 17.2. The fraction of sp³-hybridized carbons (Fsp3) is 0.893. The number of nitrogens with zero attached hydrogens (tertiary/aromatic N) is 1. The van der Waals surface area contributed by atoms with Gasteiger partial charge in [-0.3, -0.25) is 4.79 Å². The van der Waals surface area contributed by atoms with Gasteiger partial charge in [-0.1, -0.05) is 65.1 Å². The number of ether oxygens (including phenoxy) is 1. The van der Waals surface area contributed by atoms with Gasteiger partial charge >= 0.3 is 6.09 Å². The molecule has 0 aromatic heterocycles. The van der Waals surface area contributed by atoms with Crippen LogP contribution < -0.4 is 16.4 Å². The molecule has 0 bridgehead atoms. The van der Waals surface area contributed by atoms with Crippen LogP contribution in [-0.2, 0) is 9.53 Å². The number of carbonyl (C=O) groups excluding carboxylic acids is 2. The summed E-state index contributed by atoms with van der Waals surface area (Å²) < 4.78 is 5.39. The fourth-order valence-electron chi connectivity index (χ4n) is 6.42. The van der Waals surface area contributed by atoms with Crippen LogP contribution in [0.3, 0.4) is 0 Å². The molecule has 3 fully saturated rings. The molecule has 2 atom stereocenters. The molecule has 3 rings (SSSR count). The maximum atomic E-state index is 13.3. The molecule has 8 heteroatoms. The molecule has 1 heterocycles. The summed E-state index contributed by atoms with van der Waals surface area (Å²) in [6.45, 7) is 8.24. The van der Waals surface area contributed by atoms with Gasteiger partial charge in [0.05, 0.1) is 12.6 Å². The number of hydrogen-bond donors (Lipinski definition) is 3.